The van der Waals surface area contributed by atoms with E-state index in [1.165, 1.54) is 0 Å². The molecule has 0 bridgehead atoms. The molecule has 0 aliphatic carbocycles. The van der Waals surface area contributed by atoms with Crippen LogP contribution in [-0.2, 0) is 4.79 Å². The van der Waals surface area contributed by atoms with Crippen LogP contribution in [-0.4, -0.2) is 26.1 Å². The highest BCUT2D eigenvalue weighted by atomic mass is 35.5. The van der Waals surface area contributed by atoms with Gasteiger partial charge in [0.25, 0.3) is 0 Å². The van der Waals surface area contributed by atoms with Gasteiger partial charge in [0.05, 0.1) is 23.7 Å². The molecular weight excluding hydrogens is 240 g/mol. The molecule has 1 aliphatic rings. The molecule has 2 rings (SSSR count). The summed E-state index contributed by atoms with van der Waals surface area (Å²) in [5, 5.41) is 6.48. The molecular formula is C12H15ClN2O2. The fourth-order valence-electron chi connectivity index (χ4n) is 1.84. The summed E-state index contributed by atoms with van der Waals surface area (Å²) in [6.07, 6.45) is 0.875. The molecule has 1 fully saturated rings. The molecule has 0 radical (unpaired) electrons. The van der Waals surface area contributed by atoms with Crippen LogP contribution in [0, 0.1) is 5.92 Å². The lowest BCUT2D eigenvalue weighted by Crippen LogP contribution is -2.24. The average Bonchev–Trinajstić information content (AvgIpc) is 2.85. The Kier molecular flexibility index (Phi) is 3.86. The largest absolute Gasteiger partial charge is 0.497 e. The highest BCUT2D eigenvalue weighted by Crippen LogP contribution is 2.27. The molecule has 2 N–H and O–H groups in total. The van der Waals surface area contributed by atoms with Gasteiger partial charge in [-0.3, -0.25) is 4.79 Å². The lowest BCUT2D eigenvalue weighted by Gasteiger charge is -2.11. The van der Waals surface area contributed by atoms with Gasteiger partial charge in [0, 0.05) is 12.6 Å². The van der Waals surface area contributed by atoms with Crippen molar-refractivity contribution < 1.29 is 9.53 Å². The van der Waals surface area contributed by atoms with Crippen LogP contribution in [0.5, 0.6) is 5.75 Å². The third-order valence-corrected chi connectivity index (χ3v) is 3.18. The van der Waals surface area contributed by atoms with Crippen molar-refractivity contribution in [3.8, 4) is 5.75 Å². The topological polar surface area (TPSA) is 50.4 Å². The quantitative estimate of drug-likeness (QED) is 0.866. The van der Waals surface area contributed by atoms with Gasteiger partial charge < -0.3 is 15.4 Å². The Bertz CT molecular complexity index is 417. The Morgan fingerprint density at radius 3 is 3.00 bits per heavy atom. The fourth-order valence-corrected chi connectivity index (χ4v) is 2.06. The number of methoxy groups -OCH3 is 1. The molecule has 1 amide bonds. The number of halogens is 1. The van der Waals surface area contributed by atoms with E-state index in [0.717, 1.165) is 19.5 Å². The molecule has 0 saturated carbocycles. The Labute approximate surface area is 105 Å². The van der Waals surface area contributed by atoms with Crippen LogP contribution in [0.25, 0.3) is 0 Å². The van der Waals surface area contributed by atoms with Gasteiger partial charge >= 0.3 is 0 Å². The van der Waals surface area contributed by atoms with E-state index in [1.54, 1.807) is 25.3 Å². The van der Waals surface area contributed by atoms with E-state index in [1.807, 2.05) is 0 Å². The first-order valence-electron chi connectivity index (χ1n) is 5.56. The van der Waals surface area contributed by atoms with E-state index in [2.05, 4.69) is 10.6 Å². The van der Waals surface area contributed by atoms with Crippen LogP contribution in [0.2, 0.25) is 5.02 Å². The molecule has 1 atom stereocenters. The van der Waals surface area contributed by atoms with Crippen molar-refractivity contribution in [2.24, 2.45) is 5.92 Å². The maximum atomic E-state index is 11.9. The van der Waals surface area contributed by atoms with Crippen LogP contribution in [0.4, 0.5) is 5.69 Å². The SMILES string of the molecule is COc1ccc(NC(=O)C2CCNC2)c(Cl)c1. The number of nitrogens with one attached hydrogen (secondary N) is 2. The van der Waals surface area contributed by atoms with Crippen molar-refractivity contribution in [2.45, 2.75) is 6.42 Å². The van der Waals surface area contributed by atoms with Crippen molar-refractivity contribution >= 4 is 23.2 Å². The van der Waals surface area contributed by atoms with Crippen molar-refractivity contribution in [3.63, 3.8) is 0 Å². The average molecular weight is 255 g/mol. The zero-order valence-electron chi connectivity index (χ0n) is 9.63. The van der Waals surface area contributed by atoms with E-state index in [0.29, 0.717) is 16.5 Å². The van der Waals surface area contributed by atoms with Gasteiger partial charge in [-0.25, -0.2) is 0 Å². The summed E-state index contributed by atoms with van der Waals surface area (Å²) in [6.45, 7) is 1.63. The predicted molar refractivity (Wildman–Crippen MR) is 67.6 cm³/mol. The molecule has 1 aromatic rings. The van der Waals surface area contributed by atoms with Gasteiger partial charge in [0.1, 0.15) is 5.75 Å². The number of ether oxygens (including phenoxy) is 1. The summed E-state index contributed by atoms with van der Waals surface area (Å²) in [5.41, 5.74) is 0.629. The highest BCUT2D eigenvalue weighted by Gasteiger charge is 2.22. The van der Waals surface area contributed by atoms with Crippen molar-refractivity contribution in [1.29, 1.82) is 0 Å². The first kappa shape index (κ1) is 12.2. The maximum Gasteiger partial charge on any atom is 0.228 e. The summed E-state index contributed by atoms with van der Waals surface area (Å²) >= 11 is 6.05. The third-order valence-electron chi connectivity index (χ3n) is 2.87. The van der Waals surface area contributed by atoms with Crippen LogP contribution in [0.15, 0.2) is 18.2 Å². The van der Waals surface area contributed by atoms with Crippen LogP contribution >= 0.6 is 11.6 Å². The van der Waals surface area contributed by atoms with Crippen LogP contribution in [0.3, 0.4) is 0 Å². The fraction of sp³-hybridized carbons (Fsp3) is 0.417. The van der Waals surface area contributed by atoms with Gasteiger partial charge in [-0.05, 0) is 25.1 Å². The van der Waals surface area contributed by atoms with Crippen molar-refractivity contribution in [1.82, 2.24) is 5.32 Å². The minimum atomic E-state index is 0.0158. The second-order valence-corrected chi connectivity index (χ2v) is 4.43. The van der Waals surface area contributed by atoms with E-state index in [9.17, 15) is 4.79 Å². The molecule has 1 aromatic carbocycles. The van der Waals surface area contributed by atoms with Gasteiger partial charge in [0.2, 0.25) is 5.91 Å². The Morgan fingerprint density at radius 1 is 1.59 bits per heavy atom. The number of hydrogen-bond acceptors (Lipinski definition) is 3. The molecule has 1 unspecified atom stereocenters. The Hall–Kier alpha value is -1.26. The first-order valence-corrected chi connectivity index (χ1v) is 5.93. The monoisotopic (exact) mass is 254 g/mol. The molecule has 0 aromatic heterocycles. The number of anilines is 1. The Balaban J connectivity index is 2.05. The summed E-state index contributed by atoms with van der Waals surface area (Å²) in [4.78, 5) is 11.9. The lowest BCUT2D eigenvalue weighted by atomic mass is 10.1. The maximum absolute atomic E-state index is 11.9. The van der Waals surface area contributed by atoms with Crippen LogP contribution in [0.1, 0.15) is 6.42 Å². The van der Waals surface area contributed by atoms with Crippen molar-refractivity contribution in [3.05, 3.63) is 23.2 Å². The summed E-state index contributed by atoms with van der Waals surface area (Å²) in [7, 11) is 1.58. The van der Waals surface area contributed by atoms with E-state index in [-0.39, 0.29) is 11.8 Å². The van der Waals surface area contributed by atoms with E-state index >= 15 is 0 Å². The molecule has 1 heterocycles. The normalized spacial score (nSPS) is 19.1. The summed E-state index contributed by atoms with van der Waals surface area (Å²) in [5.74, 6) is 0.728. The standard InChI is InChI=1S/C12H15ClN2O2/c1-17-9-2-3-11(10(13)6-9)15-12(16)8-4-5-14-7-8/h2-3,6,8,14H,4-5,7H2,1H3,(H,15,16). The second-order valence-electron chi connectivity index (χ2n) is 4.02. The molecule has 4 nitrogen and oxygen atoms in total. The van der Waals surface area contributed by atoms with Gasteiger partial charge in [-0.1, -0.05) is 11.6 Å². The molecule has 17 heavy (non-hydrogen) atoms. The number of benzene rings is 1. The summed E-state index contributed by atoms with van der Waals surface area (Å²) in [6, 6.07) is 5.21. The van der Waals surface area contributed by atoms with Gasteiger partial charge in [-0.15, -0.1) is 0 Å². The van der Waals surface area contributed by atoms with E-state index in [4.69, 9.17) is 16.3 Å². The lowest BCUT2D eigenvalue weighted by molar-refractivity contribution is -0.119. The van der Waals surface area contributed by atoms with Crippen molar-refractivity contribution in [2.75, 3.05) is 25.5 Å². The molecule has 1 aliphatic heterocycles. The third kappa shape index (κ3) is 2.90. The number of carbonyl (C=O) groups is 1. The van der Waals surface area contributed by atoms with Crippen LogP contribution < -0.4 is 15.4 Å². The molecule has 0 spiro atoms. The Morgan fingerprint density at radius 2 is 2.41 bits per heavy atom. The minimum Gasteiger partial charge on any atom is -0.497 e. The zero-order valence-corrected chi connectivity index (χ0v) is 10.4. The number of amides is 1. The second kappa shape index (κ2) is 5.38. The number of carbonyl (C=O) groups excluding carboxylic acids is 1. The minimum absolute atomic E-state index is 0.0158. The number of rotatable bonds is 3. The smallest absolute Gasteiger partial charge is 0.228 e. The zero-order chi connectivity index (χ0) is 12.3. The van der Waals surface area contributed by atoms with Gasteiger partial charge in [-0.2, -0.15) is 0 Å². The van der Waals surface area contributed by atoms with Gasteiger partial charge in [0.15, 0.2) is 0 Å². The van der Waals surface area contributed by atoms with E-state index < -0.39 is 0 Å². The summed E-state index contributed by atoms with van der Waals surface area (Å²) < 4.78 is 5.05. The molecule has 1 saturated heterocycles. The molecule has 5 heteroatoms. The predicted octanol–water partition coefficient (Wildman–Crippen LogP) is 1.90. The highest BCUT2D eigenvalue weighted by molar-refractivity contribution is 6.33. The number of hydrogen-bond donors (Lipinski definition) is 2. The molecule has 92 valence electrons. The first-order chi connectivity index (χ1) is 8.20.